The van der Waals surface area contributed by atoms with E-state index < -0.39 is 42.1 Å². The van der Waals surface area contributed by atoms with E-state index in [1.54, 1.807) is 13.8 Å². The lowest BCUT2D eigenvalue weighted by molar-refractivity contribution is -0.130. The fourth-order valence-electron chi connectivity index (χ4n) is 2.60. The van der Waals surface area contributed by atoms with Crippen molar-refractivity contribution in [2.24, 2.45) is 5.92 Å². The Morgan fingerprint density at radius 3 is 2.00 bits per heavy atom. The third-order valence-corrected chi connectivity index (χ3v) is 4.33. The van der Waals surface area contributed by atoms with Crippen LogP contribution in [0.25, 0.3) is 0 Å². The van der Waals surface area contributed by atoms with Gasteiger partial charge in [0.25, 0.3) is 0 Å². The predicted molar refractivity (Wildman–Crippen MR) is 110 cm³/mol. The van der Waals surface area contributed by atoms with Crippen molar-refractivity contribution in [3.8, 4) is 0 Å². The Morgan fingerprint density at radius 1 is 0.897 bits per heavy atom. The Hall–Kier alpha value is -2.61. The summed E-state index contributed by atoms with van der Waals surface area (Å²) in [6, 6.07) is 7.08. The van der Waals surface area contributed by atoms with Crippen LogP contribution in [0.2, 0.25) is 0 Å². The fraction of sp³-hybridized carbons (Fsp3) is 0.571. The first-order chi connectivity index (χ1) is 13.6. The molecule has 0 bridgehead atoms. The van der Waals surface area contributed by atoms with Crippen LogP contribution in [-0.2, 0) is 20.9 Å². The van der Waals surface area contributed by atoms with Crippen LogP contribution in [0.4, 0.5) is 4.79 Å². The number of aliphatic hydroxyl groups excluding tert-OH is 1. The summed E-state index contributed by atoms with van der Waals surface area (Å²) in [6.07, 6.45) is -0.807. The smallest absolute Gasteiger partial charge is 0.408 e. The van der Waals surface area contributed by atoms with Gasteiger partial charge in [0.2, 0.25) is 11.8 Å². The van der Waals surface area contributed by atoms with E-state index in [1.807, 2.05) is 44.2 Å². The molecule has 1 aromatic carbocycles. The van der Waals surface area contributed by atoms with E-state index in [4.69, 9.17) is 4.74 Å². The summed E-state index contributed by atoms with van der Waals surface area (Å²) >= 11 is 0. The molecule has 3 amide bonds. The molecular formula is C21H33N3O5. The third-order valence-electron chi connectivity index (χ3n) is 4.33. The number of hydrogen-bond acceptors (Lipinski definition) is 5. The molecule has 0 heterocycles. The lowest BCUT2D eigenvalue weighted by Gasteiger charge is -2.25. The number of carbonyl (C=O) groups is 3. The van der Waals surface area contributed by atoms with E-state index in [1.165, 1.54) is 6.92 Å². The van der Waals surface area contributed by atoms with Gasteiger partial charge in [-0.1, -0.05) is 44.2 Å². The SMILES string of the molecule is CC(C)C[C@H](NC(=O)[C@H](C)NC(=O)[C@@H](C)NC(=O)OCc1ccccc1)[C@H](C)O. The van der Waals surface area contributed by atoms with E-state index in [9.17, 15) is 19.5 Å². The highest BCUT2D eigenvalue weighted by atomic mass is 16.5. The van der Waals surface area contributed by atoms with E-state index in [0.717, 1.165) is 5.56 Å². The molecular weight excluding hydrogens is 374 g/mol. The van der Waals surface area contributed by atoms with Gasteiger partial charge in [-0.2, -0.15) is 0 Å². The third kappa shape index (κ3) is 9.43. The highest BCUT2D eigenvalue weighted by Crippen LogP contribution is 2.08. The number of hydrogen-bond donors (Lipinski definition) is 4. The second-order valence-electron chi connectivity index (χ2n) is 7.64. The van der Waals surface area contributed by atoms with Crippen LogP contribution in [0.15, 0.2) is 30.3 Å². The molecule has 0 unspecified atom stereocenters. The van der Waals surface area contributed by atoms with Crippen LogP contribution in [0.5, 0.6) is 0 Å². The topological polar surface area (TPSA) is 117 Å². The number of rotatable bonds is 10. The number of carbonyl (C=O) groups excluding carboxylic acids is 3. The molecule has 4 N–H and O–H groups in total. The Labute approximate surface area is 172 Å². The highest BCUT2D eigenvalue weighted by molar-refractivity contribution is 5.90. The van der Waals surface area contributed by atoms with Crippen molar-refractivity contribution in [2.75, 3.05) is 0 Å². The molecule has 0 fully saturated rings. The maximum atomic E-state index is 12.3. The molecule has 162 valence electrons. The summed E-state index contributed by atoms with van der Waals surface area (Å²) in [5.74, 6) is -0.614. The molecule has 4 atom stereocenters. The van der Waals surface area contributed by atoms with E-state index in [-0.39, 0.29) is 6.61 Å². The van der Waals surface area contributed by atoms with Gasteiger partial charge < -0.3 is 25.8 Å². The molecule has 8 heteroatoms. The number of nitrogens with one attached hydrogen (secondary N) is 3. The zero-order valence-electron chi connectivity index (χ0n) is 17.8. The largest absolute Gasteiger partial charge is 0.445 e. The average Bonchev–Trinajstić information content (AvgIpc) is 2.65. The quantitative estimate of drug-likeness (QED) is 0.471. The molecule has 0 aromatic heterocycles. The molecule has 29 heavy (non-hydrogen) atoms. The summed E-state index contributed by atoms with van der Waals surface area (Å²) in [5, 5.41) is 17.6. The average molecular weight is 408 g/mol. The Morgan fingerprint density at radius 2 is 1.45 bits per heavy atom. The lowest BCUT2D eigenvalue weighted by atomic mass is 9.99. The zero-order valence-corrected chi connectivity index (χ0v) is 17.8. The van der Waals surface area contributed by atoms with Gasteiger partial charge >= 0.3 is 6.09 Å². The molecule has 8 nitrogen and oxygen atoms in total. The van der Waals surface area contributed by atoms with Crippen molar-refractivity contribution in [3.05, 3.63) is 35.9 Å². The van der Waals surface area contributed by atoms with Crippen molar-refractivity contribution in [1.82, 2.24) is 16.0 Å². The summed E-state index contributed by atoms with van der Waals surface area (Å²) in [6.45, 7) is 8.75. The second kappa shape index (κ2) is 12.1. The van der Waals surface area contributed by atoms with Crippen molar-refractivity contribution in [2.45, 2.75) is 71.9 Å². The number of amides is 3. The minimum Gasteiger partial charge on any atom is -0.445 e. The van der Waals surface area contributed by atoms with E-state index in [0.29, 0.717) is 12.3 Å². The number of benzene rings is 1. The van der Waals surface area contributed by atoms with Gasteiger partial charge in [-0.05, 0) is 38.7 Å². The maximum Gasteiger partial charge on any atom is 0.408 e. The Bertz CT molecular complexity index is 664. The van der Waals surface area contributed by atoms with Crippen LogP contribution in [0, 0.1) is 5.92 Å². The van der Waals surface area contributed by atoms with Crippen molar-refractivity contribution in [1.29, 1.82) is 0 Å². The van der Waals surface area contributed by atoms with Gasteiger partial charge in [-0.25, -0.2) is 4.79 Å². The lowest BCUT2D eigenvalue weighted by Crippen LogP contribution is -2.54. The molecule has 0 radical (unpaired) electrons. The monoisotopic (exact) mass is 407 g/mol. The molecule has 0 aliphatic rings. The summed E-state index contributed by atoms with van der Waals surface area (Å²) in [7, 11) is 0. The zero-order chi connectivity index (χ0) is 22.0. The minimum atomic E-state index is -0.878. The standard InChI is InChI=1S/C21H33N3O5/c1-13(2)11-18(16(5)25)24-20(27)14(3)22-19(26)15(4)23-21(28)29-12-17-9-7-6-8-10-17/h6-10,13-16,18,25H,11-12H2,1-5H3,(H,22,26)(H,23,28)(H,24,27)/t14-,15+,16-,18-/m0/s1. The number of alkyl carbamates (subject to hydrolysis) is 1. The van der Waals surface area contributed by atoms with Crippen molar-refractivity contribution < 1.29 is 24.2 Å². The van der Waals surface area contributed by atoms with Crippen LogP contribution >= 0.6 is 0 Å². The van der Waals surface area contributed by atoms with Crippen molar-refractivity contribution >= 4 is 17.9 Å². The molecule has 0 aliphatic heterocycles. The summed E-state index contributed by atoms with van der Waals surface area (Å²) < 4.78 is 5.08. The first kappa shape index (κ1) is 24.4. The predicted octanol–water partition coefficient (Wildman–Crippen LogP) is 1.72. The molecule has 1 rings (SSSR count). The molecule has 0 aliphatic carbocycles. The van der Waals surface area contributed by atoms with Crippen LogP contribution in [-0.4, -0.2) is 47.2 Å². The molecule has 1 aromatic rings. The Balaban J connectivity index is 2.45. The number of ether oxygens (including phenoxy) is 1. The van der Waals surface area contributed by atoms with Gasteiger partial charge in [-0.15, -0.1) is 0 Å². The number of aliphatic hydroxyl groups is 1. The van der Waals surface area contributed by atoms with Crippen LogP contribution in [0.1, 0.15) is 46.6 Å². The molecule has 0 saturated heterocycles. The van der Waals surface area contributed by atoms with Gasteiger partial charge in [-0.3, -0.25) is 9.59 Å². The van der Waals surface area contributed by atoms with Crippen LogP contribution in [0.3, 0.4) is 0 Å². The van der Waals surface area contributed by atoms with Crippen molar-refractivity contribution in [3.63, 3.8) is 0 Å². The van der Waals surface area contributed by atoms with E-state index >= 15 is 0 Å². The summed E-state index contributed by atoms with van der Waals surface area (Å²) in [4.78, 5) is 36.4. The molecule has 0 saturated carbocycles. The highest BCUT2D eigenvalue weighted by Gasteiger charge is 2.25. The first-order valence-corrected chi connectivity index (χ1v) is 9.86. The van der Waals surface area contributed by atoms with Crippen LogP contribution < -0.4 is 16.0 Å². The second-order valence-corrected chi connectivity index (χ2v) is 7.64. The molecule has 0 spiro atoms. The fourth-order valence-corrected chi connectivity index (χ4v) is 2.60. The van der Waals surface area contributed by atoms with E-state index in [2.05, 4.69) is 16.0 Å². The normalized spacial score (nSPS) is 15.0. The summed E-state index contributed by atoms with van der Waals surface area (Å²) in [5.41, 5.74) is 0.833. The first-order valence-electron chi connectivity index (χ1n) is 9.86. The Kier molecular flexibility index (Phi) is 10.2. The van der Waals surface area contributed by atoms with Gasteiger partial charge in [0.15, 0.2) is 0 Å². The van der Waals surface area contributed by atoms with Gasteiger partial charge in [0, 0.05) is 0 Å². The van der Waals surface area contributed by atoms with Gasteiger partial charge in [0.05, 0.1) is 12.1 Å². The maximum absolute atomic E-state index is 12.3. The van der Waals surface area contributed by atoms with Gasteiger partial charge in [0.1, 0.15) is 18.7 Å². The minimum absolute atomic E-state index is 0.0937.